The molecule has 126 valence electrons. The molecule has 0 aliphatic carbocycles. The summed E-state index contributed by atoms with van der Waals surface area (Å²) < 4.78 is 21.1. The third kappa shape index (κ3) is 4.41. The first-order valence-electron chi connectivity index (χ1n) is 7.26. The number of hydrogen-bond acceptors (Lipinski definition) is 6. The van der Waals surface area contributed by atoms with E-state index >= 15 is 0 Å². The molecule has 23 heavy (non-hydrogen) atoms. The van der Waals surface area contributed by atoms with Crippen LogP contribution in [0.1, 0.15) is 27.7 Å². The van der Waals surface area contributed by atoms with E-state index in [9.17, 15) is 9.59 Å². The van der Waals surface area contributed by atoms with Crippen molar-refractivity contribution in [2.45, 2.75) is 46.3 Å². The Morgan fingerprint density at radius 1 is 1.04 bits per heavy atom. The van der Waals surface area contributed by atoms with Crippen molar-refractivity contribution in [3.63, 3.8) is 0 Å². The zero-order chi connectivity index (χ0) is 17.0. The van der Waals surface area contributed by atoms with Crippen LogP contribution in [-0.4, -0.2) is 35.8 Å². The van der Waals surface area contributed by atoms with Crippen LogP contribution in [0.5, 0.6) is 11.5 Å². The van der Waals surface area contributed by atoms with Gasteiger partial charge < -0.3 is 18.9 Å². The standard InChI is InChI=1S/C15H20N2O6/c1-9(2)20-13(18)16-17(14(19)21-10(3)4)15-22-11-7-5-6-8-12(11)23-15/h5-10,15H,1-4H3,(H,16,18). The van der Waals surface area contributed by atoms with Crippen LogP contribution in [-0.2, 0) is 9.47 Å². The minimum Gasteiger partial charge on any atom is -0.446 e. The predicted molar refractivity (Wildman–Crippen MR) is 79.7 cm³/mol. The van der Waals surface area contributed by atoms with Gasteiger partial charge in [-0.2, -0.15) is 0 Å². The van der Waals surface area contributed by atoms with E-state index in [0.29, 0.717) is 11.5 Å². The van der Waals surface area contributed by atoms with Gasteiger partial charge in [0.2, 0.25) is 0 Å². The first-order chi connectivity index (χ1) is 10.9. The number of para-hydroxylation sites is 2. The van der Waals surface area contributed by atoms with Gasteiger partial charge in [0.05, 0.1) is 12.2 Å². The summed E-state index contributed by atoms with van der Waals surface area (Å²) in [6.07, 6.45) is -3.54. The van der Waals surface area contributed by atoms with E-state index in [1.54, 1.807) is 52.0 Å². The van der Waals surface area contributed by atoms with Crippen molar-refractivity contribution >= 4 is 12.2 Å². The van der Waals surface area contributed by atoms with E-state index in [1.165, 1.54) is 0 Å². The number of rotatable bonds is 3. The lowest BCUT2D eigenvalue weighted by atomic mass is 10.3. The molecule has 0 fully saturated rings. The van der Waals surface area contributed by atoms with Crippen LogP contribution in [0.15, 0.2) is 24.3 Å². The Hall–Kier alpha value is -2.64. The maximum Gasteiger partial charge on any atom is 0.435 e. The lowest BCUT2D eigenvalue weighted by Crippen LogP contribution is -2.56. The molecular weight excluding hydrogens is 304 g/mol. The molecule has 0 aromatic heterocycles. The number of nitrogens with zero attached hydrogens (tertiary/aromatic N) is 1. The topological polar surface area (TPSA) is 86.3 Å². The molecule has 8 heteroatoms. The molecule has 8 nitrogen and oxygen atoms in total. The van der Waals surface area contributed by atoms with Gasteiger partial charge in [0, 0.05) is 0 Å². The van der Waals surface area contributed by atoms with Crippen molar-refractivity contribution in [3.8, 4) is 11.5 Å². The lowest BCUT2D eigenvalue weighted by molar-refractivity contribution is -0.102. The van der Waals surface area contributed by atoms with Crippen LogP contribution in [0, 0.1) is 0 Å². The fraction of sp³-hybridized carbons (Fsp3) is 0.467. The average molecular weight is 324 g/mol. The summed E-state index contributed by atoms with van der Waals surface area (Å²) in [5.41, 5.74) is 2.28. The van der Waals surface area contributed by atoms with Crippen LogP contribution >= 0.6 is 0 Å². The van der Waals surface area contributed by atoms with Crippen molar-refractivity contribution in [2.75, 3.05) is 0 Å². The predicted octanol–water partition coefficient (Wildman–Crippen LogP) is 2.64. The molecule has 0 radical (unpaired) electrons. The molecule has 0 saturated heterocycles. The van der Waals surface area contributed by atoms with Crippen LogP contribution < -0.4 is 14.9 Å². The van der Waals surface area contributed by atoms with Gasteiger partial charge in [0.1, 0.15) is 0 Å². The highest BCUT2D eigenvalue weighted by Crippen LogP contribution is 2.34. The number of nitrogens with one attached hydrogen (secondary N) is 1. The van der Waals surface area contributed by atoms with Gasteiger partial charge >= 0.3 is 18.6 Å². The fourth-order valence-electron chi connectivity index (χ4n) is 1.77. The van der Waals surface area contributed by atoms with Crippen molar-refractivity contribution in [1.82, 2.24) is 10.4 Å². The van der Waals surface area contributed by atoms with Crippen molar-refractivity contribution in [3.05, 3.63) is 24.3 Å². The summed E-state index contributed by atoms with van der Waals surface area (Å²) in [7, 11) is 0. The summed E-state index contributed by atoms with van der Waals surface area (Å²) in [6, 6.07) is 6.91. The minimum absolute atomic E-state index is 0.347. The van der Waals surface area contributed by atoms with E-state index in [-0.39, 0.29) is 12.2 Å². The van der Waals surface area contributed by atoms with Gasteiger partial charge in [-0.05, 0) is 39.8 Å². The van der Waals surface area contributed by atoms with Gasteiger partial charge in [0.25, 0.3) is 0 Å². The second-order valence-corrected chi connectivity index (χ2v) is 5.36. The van der Waals surface area contributed by atoms with Crippen LogP contribution in [0.25, 0.3) is 0 Å². The Labute approximate surface area is 134 Å². The number of fused-ring (bicyclic) bond motifs is 1. The van der Waals surface area contributed by atoms with Crippen LogP contribution in [0.4, 0.5) is 9.59 Å². The maximum atomic E-state index is 12.2. The number of hydrogen-bond donors (Lipinski definition) is 1. The first kappa shape index (κ1) is 16.7. The summed E-state index contributed by atoms with van der Waals surface area (Å²) in [5.74, 6) is 0.915. The van der Waals surface area contributed by atoms with Gasteiger partial charge in [-0.15, -0.1) is 5.01 Å². The van der Waals surface area contributed by atoms with E-state index in [1.807, 2.05) is 0 Å². The molecule has 1 aromatic rings. The molecule has 1 aromatic carbocycles. The third-order valence-corrected chi connectivity index (χ3v) is 2.60. The van der Waals surface area contributed by atoms with E-state index in [2.05, 4.69) is 5.43 Å². The molecule has 2 amide bonds. The molecular formula is C15H20N2O6. The number of carbonyl (C=O) groups excluding carboxylic acids is 2. The largest absolute Gasteiger partial charge is 0.446 e. The van der Waals surface area contributed by atoms with Crippen molar-refractivity contribution < 1.29 is 28.5 Å². The Morgan fingerprint density at radius 3 is 2.04 bits per heavy atom. The Bertz CT molecular complexity index is 550. The SMILES string of the molecule is CC(C)OC(=O)NN(C(=O)OC(C)C)C1Oc2ccccc2O1. The molecule has 0 saturated carbocycles. The molecule has 0 atom stereocenters. The quantitative estimate of drug-likeness (QED) is 0.860. The second-order valence-electron chi connectivity index (χ2n) is 5.36. The Balaban J connectivity index is 2.11. The number of amides is 2. The summed E-state index contributed by atoms with van der Waals surface area (Å²) in [5, 5.41) is 0.810. The smallest absolute Gasteiger partial charge is 0.435 e. The molecule has 0 unspecified atom stereocenters. The summed E-state index contributed by atoms with van der Waals surface area (Å²) in [6.45, 7) is 6.75. The minimum atomic E-state index is -1.18. The van der Waals surface area contributed by atoms with E-state index in [4.69, 9.17) is 18.9 Å². The monoisotopic (exact) mass is 324 g/mol. The molecule has 1 heterocycles. The number of carbonyl (C=O) groups is 2. The Morgan fingerprint density at radius 2 is 1.57 bits per heavy atom. The number of ether oxygens (including phenoxy) is 4. The van der Waals surface area contributed by atoms with E-state index in [0.717, 1.165) is 5.01 Å². The normalized spacial score (nSPS) is 13.1. The fourth-order valence-corrected chi connectivity index (χ4v) is 1.77. The van der Waals surface area contributed by atoms with Gasteiger partial charge in [0.15, 0.2) is 11.5 Å². The van der Waals surface area contributed by atoms with Crippen molar-refractivity contribution in [2.24, 2.45) is 0 Å². The first-order valence-corrected chi connectivity index (χ1v) is 7.26. The molecule has 0 bridgehead atoms. The highest BCUT2D eigenvalue weighted by molar-refractivity contribution is 5.74. The third-order valence-electron chi connectivity index (χ3n) is 2.60. The maximum absolute atomic E-state index is 12.2. The van der Waals surface area contributed by atoms with Gasteiger partial charge in [-0.25, -0.2) is 15.0 Å². The summed E-state index contributed by atoms with van der Waals surface area (Å²) in [4.78, 5) is 24.0. The average Bonchev–Trinajstić information content (AvgIpc) is 2.86. The van der Waals surface area contributed by atoms with Crippen molar-refractivity contribution in [1.29, 1.82) is 0 Å². The molecule has 0 spiro atoms. The number of benzene rings is 1. The molecule has 1 aliphatic heterocycles. The highest BCUT2D eigenvalue weighted by atomic mass is 16.7. The molecule has 2 rings (SSSR count). The van der Waals surface area contributed by atoms with Gasteiger partial charge in [-0.1, -0.05) is 12.1 Å². The molecule has 1 N–H and O–H groups in total. The highest BCUT2D eigenvalue weighted by Gasteiger charge is 2.36. The van der Waals surface area contributed by atoms with Crippen LogP contribution in [0.2, 0.25) is 0 Å². The second kappa shape index (κ2) is 7.08. The lowest BCUT2D eigenvalue weighted by Gasteiger charge is -2.26. The van der Waals surface area contributed by atoms with E-state index < -0.39 is 18.6 Å². The Kier molecular flexibility index (Phi) is 5.15. The summed E-state index contributed by atoms with van der Waals surface area (Å²) >= 11 is 0. The molecule has 1 aliphatic rings. The van der Waals surface area contributed by atoms with Crippen LogP contribution in [0.3, 0.4) is 0 Å². The zero-order valence-corrected chi connectivity index (χ0v) is 13.4. The number of hydrazine groups is 1. The van der Waals surface area contributed by atoms with Gasteiger partial charge in [-0.3, -0.25) is 0 Å². The zero-order valence-electron chi connectivity index (χ0n) is 13.4.